The molecule has 0 radical (unpaired) electrons. The third kappa shape index (κ3) is 4.53. The number of nitrogens with zero attached hydrogens (tertiary/aromatic N) is 2. The number of ether oxygens (including phenoxy) is 1. The number of fused-ring (bicyclic) bond motifs is 1. The molecule has 0 saturated heterocycles. The molecule has 1 heterocycles. The van der Waals surface area contributed by atoms with Gasteiger partial charge in [-0.25, -0.2) is 9.78 Å². The topological polar surface area (TPSA) is 70.2 Å². The van der Waals surface area contributed by atoms with Gasteiger partial charge in [-0.2, -0.15) is 0 Å². The van der Waals surface area contributed by atoms with Crippen molar-refractivity contribution >= 4 is 17.1 Å². The quantitative estimate of drug-likeness (QED) is 0.641. The van der Waals surface area contributed by atoms with Crippen molar-refractivity contribution < 1.29 is 9.53 Å². The minimum Gasteiger partial charge on any atom is -0.497 e. The van der Waals surface area contributed by atoms with E-state index < -0.39 is 0 Å². The molecule has 1 aromatic heterocycles. The smallest absolute Gasteiger partial charge is 0.317 e. The number of para-hydroxylation sites is 2. The van der Waals surface area contributed by atoms with Crippen LogP contribution in [-0.2, 0) is 13.0 Å². The summed E-state index contributed by atoms with van der Waals surface area (Å²) in [6, 6.07) is 15.6. The summed E-state index contributed by atoms with van der Waals surface area (Å²) in [5.74, 6) is 1.74. The second kappa shape index (κ2) is 8.38. The van der Waals surface area contributed by atoms with Crippen LogP contribution in [-0.4, -0.2) is 41.6 Å². The summed E-state index contributed by atoms with van der Waals surface area (Å²) in [5.41, 5.74) is 3.05. The van der Waals surface area contributed by atoms with Crippen LogP contribution in [0, 0.1) is 0 Å². The van der Waals surface area contributed by atoms with Crippen molar-refractivity contribution in [1.29, 1.82) is 0 Å². The molecule has 3 rings (SSSR count). The van der Waals surface area contributed by atoms with Crippen molar-refractivity contribution in [3.05, 3.63) is 59.9 Å². The molecular weight excluding hydrogens is 328 g/mol. The van der Waals surface area contributed by atoms with Crippen LogP contribution in [0.2, 0.25) is 0 Å². The number of hydrogen-bond donors (Lipinski definition) is 2. The molecule has 0 spiro atoms. The fraction of sp³-hybridized carbons (Fsp3) is 0.300. The highest BCUT2D eigenvalue weighted by atomic mass is 16.5. The number of benzene rings is 2. The van der Waals surface area contributed by atoms with E-state index in [9.17, 15) is 4.79 Å². The number of carbonyl (C=O) groups excluding carboxylic acids is 1. The molecule has 0 fully saturated rings. The third-order valence-corrected chi connectivity index (χ3v) is 4.21. The minimum absolute atomic E-state index is 0.0857. The van der Waals surface area contributed by atoms with Crippen LogP contribution in [0.4, 0.5) is 4.79 Å². The summed E-state index contributed by atoms with van der Waals surface area (Å²) in [7, 11) is 3.42. The van der Waals surface area contributed by atoms with Crippen molar-refractivity contribution in [2.45, 2.75) is 19.4 Å². The van der Waals surface area contributed by atoms with E-state index in [-0.39, 0.29) is 6.03 Å². The van der Waals surface area contributed by atoms with Crippen LogP contribution in [0.15, 0.2) is 48.5 Å². The molecule has 2 amide bonds. The van der Waals surface area contributed by atoms with Gasteiger partial charge in [0, 0.05) is 26.6 Å². The molecule has 0 bridgehead atoms. The number of H-pyrrole nitrogens is 1. The lowest BCUT2D eigenvalue weighted by atomic mass is 10.2. The Balaban J connectivity index is 1.42. The average Bonchev–Trinajstić information content (AvgIpc) is 3.08. The highest BCUT2D eigenvalue weighted by Gasteiger charge is 2.09. The van der Waals surface area contributed by atoms with Gasteiger partial charge in [0.2, 0.25) is 0 Å². The third-order valence-electron chi connectivity index (χ3n) is 4.21. The number of carbonyl (C=O) groups is 1. The molecule has 3 aromatic rings. The van der Waals surface area contributed by atoms with Gasteiger partial charge in [-0.3, -0.25) is 0 Å². The van der Waals surface area contributed by atoms with Gasteiger partial charge in [0.25, 0.3) is 0 Å². The summed E-state index contributed by atoms with van der Waals surface area (Å²) in [4.78, 5) is 21.7. The molecule has 136 valence electrons. The lowest BCUT2D eigenvalue weighted by Crippen LogP contribution is -2.37. The van der Waals surface area contributed by atoms with Crippen molar-refractivity contribution in [3.8, 4) is 5.75 Å². The fourth-order valence-corrected chi connectivity index (χ4v) is 2.83. The second-order valence-electron chi connectivity index (χ2n) is 6.24. The van der Waals surface area contributed by atoms with E-state index in [0.29, 0.717) is 13.1 Å². The molecule has 2 N–H and O–H groups in total. The molecule has 0 unspecified atom stereocenters. The lowest BCUT2D eigenvalue weighted by Gasteiger charge is -2.18. The molecule has 6 heteroatoms. The summed E-state index contributed by atoms with van der Waals surface area (Å²) < 4.78 is 5.21. The number of amides is 2. The highest BCUT2D eigenvalue weighted by Crippen LogP contribution is 2.14. The fourth-order valence-electron chi connectivity index (χ4n) is 2.83. The Bertz CT molecular complexity index is 842. The predicted octanol–water partition coefficient (Wildman–Crippen LogP) is 3.35. The van der Waals surface area contributed by atoms with Crippen molar-refractivity contribution in [3.63, 3.8) is 0 Å². The van der Waals surface area contributed by atoms with Crippen LogP contribution >= 0.6 is 0 Å². The molecule has 2 aromatic carbocycles. The van der Waals surface area contributed by atoms with Gasteiger partial charge in [0.05, 0.1) is 18.1 Å². The molecule has 0 aliphatic heterocycles. The van der Waals surface area contributed by atoms with Crippen LogP contribution in [0.3, 0.4) is 0 Å². The number of aromatic nitrogens is 2. The second-order valence-corrected chi connectivity index (χ2v) is 6.24. The standard InChI is InChI=1S/C20H24N4O2/c1-24(14-15-7-5-8-16(13-15)26-2)20(25)21-12-6-11-19-22-17-9-3-4-10-18(17)23-19/h3-5,7-10,13H,6,11-12,14H2,1-2H3,(H,21,25)(H,22,23). The Morgan fingerprint density at radius 1 is 1.23 bits per heavy atom. The first kappa shape index (κ1) is 17.8. The van der Waals surface area contributed by atoms with Crippen LogP contribution < -0.4 is 10.1 Å². The number of aromatic amines is 1. The molecule has 26 heavy (non-hydrogen) atoms. The molecule has 0 atom stereocenters. The van der Waals surface area contributed by atoms with E-state index in [1.807, 2.05) is 48.5 Å². The zero-order chi connectivity index (χ0) is 18.4. The summed E-state index contributed by atoms with van der Waals surface area (Å²) in [6.45, 7) is 1.14. The van der Waals surface area contributed by atoms with Crippen molar-refractivity contribution in [1.82, 2.24) is 20.2 Å². The number of urea groups is 1. The van der Waals surface area contributed by atoms with E-state index in [2.05, 4.69) is 15.3 Å². The number of hydrogen-bond acceptors (Lipinski definition) is 3. The first-order valence-electron chi connectivity index (χ1n) is 8.71. The first-order chi connectivity index (χ1) is 12.7. The van der Waals surface area contributed by atoms with Gasteiger partial charge in [0.15, 0.2) is 0 Å². The SMILES string of the molecule is COc1cccc(CN(C)C(=O)NCCCc2nc3ccccc3[nH]2)c1. The number of aryl methyl sites for hydroxylation is 1. The maximum absolute atomic E-state index is 12.2. The maximum atomic E-state index is 12.2. The van der Waals surface area contributed by atoms with Gasteiger partial charge in [-0.1, -0.05) is 24.3 Å². The number of imidazole rings is 1. The minimum atomic E-state index is -0.0857. The number of methoxy groups -OCH3 is 1. The maximum Gasteiger partial charge on any atom is 0.317 e. The van der Waals surface area contributed by atoms with E-state index >= 15 is 0 Å². The van der Waals surface area contributed by atoms with Crippen LogP contribution in [0.1, 0.15) is 17.8 Å². The lowest BCUT2D eigenvalue weighted by molar-refractivity contribution is 0.206. The largest absolute Gasteiger partial charge is 0.497 e. The Morgan fingerprint density at radius 2 is 2.08 bits per heavy atom. The van der Waals surface area contributed by atoms with Gasteiger partial charge in [-0.15, -0.1) is 0 Å². The monoisotopic (exact) mass is 352 g/mol. The van der Waals surface area contributed by atoms with Gasteiger partial charge >= 0.3 is 6.03 Å². The number of nitrogens with one attached hydrogen (secondary N) is 2. The highest BCUT2D eigenvalue weighted by molar-refractivity contribution is 5.75. The van der Waals surface area contributed by atoms with Crippen molar-refractivity contribution in [2.75, 3.05) is 20.7 Å². The zero-order valence-electron chi connectivity index (χ0n) is 15.2. The molecule has 6 nitrogen and oxygen atoms in total. The zero-order valence-corrected chi connectivity index (χ0v) is 15.2. The molecular formula is C20H24N4O2. The van der Waals surface area contributed by atoms with E-state index in [1.165, 1.54) is 0 Å². The molecule has 0 aliphatic carbocycles. The average molecular weight is 352 g/mol. The van der Waals surface area contributed by atoms with Crippen LogP contribution in [0.25, 0.3) is 11.0 Å². The van der Waals surface area contributed by atoms with Crippen molar-refractivity contribution in [2.24, 2.45) is 0 Å². The van der Waals surface area contributed by atoms with E-state index in [4.69, 9.17) is 4.74 Å². The Hall–Kier alpha value is -3.02. The normalized spacial score (nSPS) is 10.7. The molecule has 0 aliphatic rings. The molecule has 0 saturated carbocycles. The first-order valence-corrected chi connectivity index (χ1v) is 8.71. The summed E-state index contributed by atoms with van der Waals surface area (Å²) in [6.07, 6.45) is 1.63. The Morgan fingerprint density at radius 3 is 2.88 bits per heavy atom. The van der Waals surface area contributed by atoms with E-state index in [1.54, 1.807) is 19.1 Å². The van der Waals surface area contributed by atoms with E-state index in [0.717, 1.165) is 41.0 Å². The van der Waals surface area contributed by atoms with Gasteiger partial charge < -0.3 is 19.9 Å². The Kier molecular flexibility index (Phi) is 5.73. The van der Waals surface area contributed by atoms with Crippen LogP contribution in [0.5, 0.6) is 5.75 Å². The predicted molar refractivity (Wildman–Crippen MR) is 102 cm³/mol. The van der Waals surface area contributed by atoms with Gasteiger partial charge in [-0.05, 0) is 36.2 Å². The van der Waals surface area contributed by atoms with Gasteiger partial charge in [0.1, 0.15) is 11.6 Å². The number of rotatable bonds is 7. The summed E-state index contributed by atoms with van der Waals surface area (Å²) >= 11 is 0. The Labute approximate surface area is 153 Å². The summed E-state index contributed by atoms with van der Waals surface area (Å²) in [5, 5.41) is 2.95.